The zero-order chi connectivity index (χ0) is 20.9. The summed E-state index contributed by atoms with van der Waals surface area (Å²) < 4.78 is 16.2. The Kier molecular flexibility index (Phi) is 4.77. The Bertz CT molecular complexity index is 824. The monoisotopic (exact) mass is 391 g/mol. The lowest BCUT2D eigenvalue weighted by atomic mass is 9.90. The molecular formula is C20H25NO7. The molecule has 1 N–H and O–H groups in total. The third kappa shape index (κ3) is 3.90. The first-order valence-corrected chi connectivity index (χ1v) is 9.17. The van der Waals surface area contributed by atoms with Crippen LogP contribution < -0.4 is 4.74 Å². The highest BCUT2D eigenvalue weighted by atomic mass is 16.7. The maximum atomic E-state index is 12.5. The standard InChI is InChI=1S/C20H25NO7/c1-19(2,3)28-18(25)21-9-8-12(15(21)16(22)23)11-6-7-14-13(10-11)17(24)27-20(4,5)26-14/h6-7,10,12,15H,8-9H2,1-5H3,(H,22,23). The van der Waals surface area contributed by atoms with Gasteiger partial charge in [0.2, 0.25) is 5.79 Å². The topological polar surface area (TPSA) is 102 Å². The summed E-state index contributed by atoms with van der Waals surface area (Å²) in [5.41, 5.74) is 0.159. The van der Waals surface area contributed by atoms with Crippen LogP contribution in [0.1, 0.15) is 62.9 Å². The van der Waals surface area contributed by atoms with Gasteiger partial charge in [0.15, 0.2) is 0 Å². The van der Waals surface area contributed by atoms with Crippen LogP contribution in [0, 0.1) is 0 Å². The molecule has 2 aliphatic rings. The molecule has 2 atom stereocenters. The number of aliphatic carboxylic acids is 1. The average molecular weight is 391 g/mol. The van der Waals surface area contributed by atoms with Gasteiger partial charge in [0.25, 0.3) is 0 Å². The van der Waals surface area contributed by atoms with Crippen LogP contribution >= 0.6 is 0 Å². The second-order valence-electron chi connectivity index (χ2n) is 8.50. The smallest absolute Gasteiger partial charge is 0.411 e. The van der Waals surface area contributed by atoms with Crippen LogP contribution in [0.3, 0.4) is 0 Å². The summed E-state index contributed by atoms with van der Waals surface area (Å²) in [5, 5.41) is 9.76. The molecule has 28 heavy (non-hydrogen) atoms. The maximum Gasteiger partial charge on any atom is 0.411 e. The number of hydrogen-bond donors (Lipinski definition) is 1. The Morgan fingerprint density at radius 3 is 2.54 bits per heavy atom. The molecule has 0 bridgehead atoms. The number of benzene rings is 1. The van der Waals surface area contributed by atoms with Crippen molar-refractivity contribution >= 4 is 18.0 Å². The Balaban J connectivity index is 1.89. The largest absolute Gasteiger partial charge is 0.480 e. The van der Waals surface area contributed by atoms with Crippen molar-refractivity contribution in [1.29, 1.82) is 0 Å². The van der Waals surface area contributed by atoms with Crippen molar-refractivity contribution in [3.63, 3.8) is 0 Å². The third-order valence-electron chi connectivity index (χ3n) is 4.62. The number of ether oxygens (including phenoxy) is 3. The van der Waals surface area contributed by atoms with Crippen molar-refractivity contribution in [2.24, 2.45) is 0 Å². The molecule has 0 aliphatic carbocycles. The zero-order valence-electron chi connectivity index (χ0n) is 16.6. The van der Waals surface area contributed by atoms with Gasteiger partial charge in [-0.1, -0.05) is 6.07 Å². The molecule has 3 rings (SSSR count). The number of carbonyl (C=O) groups is 3. The number of amides is 1. The van der Waals surface area contributed by atoms with Crippen molar-refractivity contribution in [3.05, 3.63) is 29.3 Å². The summed E-state index contributed by atoms with van der Waals surface area (Å²) in [4.78, 5) is 37.9. The molecule has 8 heteroatoms. The summed E-state index contributed by atoms with van der Waals surface area (Å²) in [6.45, 7) is 8.71. The highest BCUT2D eigenvalue weighted by Crippen LogP contribution is 2.38. The number of hydrogen-bond acceptors (Lipinski definition) is 6. The highest BCUT2D eigenvalue weighted by molar-refractivity contribution is 5.94. The lowest BCUT2D eigenvalue weighted by Crippen LogP contribution is -2.45. The molecule has 2 aliphatic heterocycles. The van der Waals surface area contributed by atoms with E-state index in [2.05, 4.69) is 0 Å². The number of rotatable bonds is 2. The zero-order valence-corrected chi connectivity index (χ0v) is 16.6. The van der Waals surface area contributed by atoms with Gasteiger partial charge in [0.1, 0.15) is 23.0 Å². The van der Waals surface area contributed by atoms with E-state index in [0.29, 0.717) is 17.7 Å². The van der Waals surface area contributed by atoms with Crippen LogP contribution in [-0.2, 0) is 14.3 Å². The fourth-order valence-corrected chi connectivity index (χ4v) is 3.56. The van der Waals surface area contributed by atoms with Gasteiger partial charge in [-0.3, -0.25) is 4.90 Å². The molecule has 1 saturated heterocycles. The van der Waals surface area contributed by atoms with Crippen LogP contribution in [0.15, 0.2) is 18.2 Å². The fraction of sp³-hybridized carbons (Fsp3) is 0.550. The van der Waals surface area contributed by atoms with E-state index in [4.69, 9.17) is 14.2 Å². The Labute approximate surface area is 163 Å². The van der Waals surface area contributed by atoms with E-state index in [-0.39, 0.29) is 12.1 Å². The van der Waals surface area contributed by atoms with E-state index < -0.39 is 41.4 Å². The SMILES string of the molecule is CC(C)(C)OC(=O)N1CCC(c2ccc3c(c2)C(=O)OC(C)(C)O3)C1C(=O)O. The van der Waals surface area contributed by atoms with Gasteiger partial charge in [-0.2, -0.15) is 0 Å². The van der Waals surface area contributed by atoms with Crippen LogP contribution in [0.4, 0.5) is 4.79 Å². The van der Waals surface area contributed by atoms with Crippen molar-refractivity contribution in [1.82, 2.24) is 4.90 Å². The quantitative estimate of drug-likeness (QED) is 0.773. The lowest BCUT2D eigenvalue weighted by molar-refractivity contribution is -0.142. The minimum atomic E-state index is -1.12. The van der Waals surface area contributed by atoms with E-state index in [1.807, 2.05) is 0 Å². The van der Waals surface area contributed by atoms with Crippen molar-refractivity contribution in [2.75, 3.05) is 6.54 Å². The van der Waals surface area contributed by atoms with Gasteiger partial charge < -0.3 is 19.3 Å². The number of carboxylic acids is 1. The van der Waals surface area contributed by atoms with Gasteiger partial charge in [0.05, 0.1) is 0 Å². The Morgan fingerprint density at radius 2 is 1.93 bits per heavy atom. The Hall–Kier alpha value is -2.77. The second kappa shape index (κ2) is 6.68. The van der Waals surface area contributed by atoms with Crippen molar-refractivity contribution in [3.8, 4) is 5.75 Å². The molecule has 0 aromatic heterocycles. The lowest BCUT2D eigenvalue weighted by Gasteiger charge is -2.32. The van der Waals surface area contributed by atoms with Crippen LogP contribution in [0.2, 0.25) is 0 Å². The molecule has 1 amide bonds. The van der Waals surface area contributed by atoms with E-state index >= 15 is 0 Å². The Morgan fingerprint density at radius 1 is 1.25 bits per heavy atom. The van der Waals surface area contributed by atoms with Gasteiger partial charge in [-0.25, -0.2) is 14.4 Å². The predicted octanol–water partition coefficient (Wildman–Crippen LogP) is 3.15. The summed E-state index contributed by atoms with van der Waals surface area (Å²) >= 11 is 0. The van der Waals surface area contributed by atoms with Gasteiger partial charge in [-0.05, 0) is 44.9 Å². The molecule has 0 spiro atoms. The molecule has 8 nitrogen and oxygen atoms in total. The minimum absolute atomic E-state index is 0.247. The second-order valence-corrected chi connectivity index (χ2v) is 8.50. The maximum absolute atomic E-state index is 12.5. The van der Waals surface area contributed by atoms with Crippen LogP contribution in [-0.4, -0.2) is 52.0 Å². The van der Waals surface area contributed by atoms with E-state index in [1.54, 1.807) is 52.8 Å². The minimum Gasteiger partial charge on any atom is -0.480 e. The molecule has 0 radical (unpaired) electrons. The highest BCUT2D eigenvalue weighted by Gasteiger charge is 2.45. The van der Waals surface area contributed by atoms with Crippen LogP contribution in [0.25, 0.3) is 0 Å². The molecule has 2 heterocycles. The summed E-state index contributed by atoms with van der Waals surface area (Å²) in [5.74, 6) is -2.79. The van der Waals surface area contributed by atoms with E-state index in [9.17, 15) is 19.5 Å². The normalized spacial score (nSPS) is 23.5. The first-order valence-electron chi connectivity index (χ1n) is 9.17. The van der Waals surface area contributed by atoms with Crippen molar-refractivity contribution < 1.29 is 33.7 Å². The number of fused-ring (bicyclic) bond motifs is 1. The van der Waals surface area contributed by atoms with Crippen LogP contribution in [0.5, 0.6) is 5.75 Å². The molecule has 2 unspecified atom stereocenters. The molecular weight excluding hydrogens is 366 g/mol. The number of nitrogens with zero attached hydrogens (tertiary/aromatic N) is 1. The third-order valence-corrected chi connectivity index (χ3v) is 4.62. The first-order chi connectivity index (χ1) is 12.9. The fourth-order valence-electron chi connectivity index (χ4n) is 3.56. The van der Waals surface area contributed by atoms with Gasteiger partial charge in [0, 0.05) is 26.3 Å². The molecule has 1 aromatic carbocycles. The van der Waals surface area contributed by atoms with E-state index in [1.165, 1.54) is 4.90 Å². The van der Waals surface area contributed by atoms with E-state index in [0.717, 1.165) is 0 Å². The number of esters is 1. The average Bonchev–Trinajstić information content (AvgIpc) is 2.97. The molecule has 152 valence electrons. The molecule has 1 fully saturated rings. The number of carbonyl (C=O) groups excluding carboxylic acids is 2. The van der Waals surface area contributed by atoms with Gasteiger partial charge in [-0.15, -0.1) is 0 Å². The van der Waals surface area contributed by atoms with Gasteiger partial charge >= 0.3 is 18.0 Å². The molecule has 0 saturated carbocycles. The summed E-state index contributed by atoms with van der Waals surface area (Å²) in [6.07, 6.45) is -0.221. The molecule has 1 aromatic rings. The summed E-state index contributed by atoms with van der Waals surface area (Å²) in [6, 6.07) is 3.88. The first kappa shape index (κ1) is 20.0. The predicted molar refractivity (Wildman–Crippen MR) is 98.3 cm³/mol. The van der Waals surface area contributed by atoms with Crippen molar-refractivity contribution in [2.45, 2.75) is 64.4 Å². The summed E-state index contributed by atoms with van der Waals surface area (Å²) in [7, 11) is 0. The number of likely N-dealkylation sites (tertiary alicyclic amines) is 1. The number of cyclic esters (lactones) is 1. The number of carboxylic acid groups (broad SMARTS) is 1.